The second-order valence-corrected chi connectivity index (χ2v) is 4.81. The fraction of sp³-hybridized carbons (Fsp3) is 0.462. The summed E-state index contributed by atoms with van der Waals surface area (Å²) in [4.78, 5) is 12.0. The van der Waals surface area contributed by atoms with Crippen molar-refractivity contribution in [3.63, 3.8) is 0 Å². The van der Waals surface area contributed by atoms with Crippen molar-refractivity contribution in [3.8, 4) is 5.75 Å². The van der Waals surface area contributed by atoms with Crippen molar-refractivity contribution in [2.75, 3.05) is 19.0 Å². The van der Waals surface area contributed by atoms with Gasteiger partial charge in [0.05, 0.1) is 18.2 Å². The first-order valence-corrected chi connectivity index (χ1v) is 6.51. The van der Waals surface area contributed by atoms with Gasteiger partial charge in [-0.25, -0.2) is 0 Å². The quantitative estimate of drug-likeness (QED) is 0.892. The number of nitrogens with one attached hydrogen (secondary N) is 1. The molecule has 0 radical (unpaired) electrons. The third-order valence-electron chi connectivity index (χ3n) is 3.08. The zero-order chi connectivity index (χ0) is 13.8. The van der Waals surface area contributed by atoms with E-state index in [0.29, 0.717) is 29.4 Å². The molecule has 1 amide bonds. The Morgan fingerprint density at radius 3 is 2.85 bits per heavy atom. The van der Waals surface area contributed by atoms with Crippen LogP contribution in [0, 0.1) is 0 Å². The number of carbonyl (C=O) groups is 1. The summed E-state index contributed by atoms with van der Waals surface area (Å²) in [7, 11) is 1.54. The van der Waals surface area contributed by atoms with E-state index in [1.165, 1.54) is 0 Å². The predicted molar refractivity (Wildman–Crippen MR) is 80.8 cm³/mol. The Kier molecular flexibility index (Phi) is 6.55. The van der Waals surface area contributed by atoms with Gasteiger partial charge in [-0.3, -0.25) is 4.79 Å². The summed E-state index contributed by atoms with van der Waals surface area (Å²) in [5.74, 6) is 0.400. The summed E-state index contributed by atoms with van der Waals surface area (Å²) in [5.41, 5.74) is 6.13. The molecule has 1 aliphatic rings. The Labute approximate surface area is 129 Å². The highest BCUT2D eigenvalue weighted by atomic mass is 35.5. The number of ether oxygens (including phenoxy) is 2. The lowest BCUT2D eigenvalue weighted by molar-refractivity contribution is -0.126. The van der Waals surface area contributed by atoms with Crippen LogP contribution in [0.2, 0.25) is 5.02 Å². The molecule has 1 aliphatic heterocycles. The van der Waals surface area contributed by atoms with Crippen LogP contribution in [-0.2, 0) is 9.53 Å². The maximum atomic E-state index is 12.0. The molecule has 3 N–H and O–H groups in total. The zero-order valence-corrected chi connectivity index (χ0v) is 12.7. The van der Waals surface area contributed by atoms with Crippen LogP contribution in [0.1, 0.15) is 12.8 Å². The lowest BCUT2D eigenvalue weighted by atomic mass is 10.2. The van der Waals surface area contributed by atoms with Crippen molar-refractivity contribution < 1.29 is 14.3 Å². The van der Waals surface area contributed by atoms with Gasteiger partial charge in [-0.15, -0.1) is 12.4 Å². The van der Waals surface area contributed by atoms with E-state index in [1.54, 1.807) is 25.3 Å². The van der Waals surface area contributed by atoms with Gasteiger partial charge < -0.3 is 20.5 Å². The molecule has 0 saturated carbocycles. The first-order chi connectivity index (χ1) is 9.13. The van der Waals surface area contributed by atoms with Crippen molar-refractivity contribution in [3.05, 3.63) is 23.2 Å². The maximum Gasteiger partial charge on any atom is 0.253 e. The highest BCUT2D eigenvalue weighted by Gasteiger charge is 2.29. The fourth-order valence-electron chi connectivity index (χ4n) is 2.04. The highest BCUT2D eigenvalue weighted by molar-refractivity contribution is 6.32. The maximum absolute atomic E-state index is 12.0. The predicted octanol–water partition coefficient (Wildman–Crippen LogP) is 2.22. The Hall–Kier alpha value is -1.01. The summed E-state index contributed by atoms with van der Waals surface area (Å²) in [6.07, 6.45) is 1.06. The number of rotatable bonds is 4. The smallest absolute Gasteiger partial charge is 0.253 e. The number of anilines is 1. The molecular formula is C13H18Cl2N2O3. The van der Waals surface area contributed by atoms with E-state index in [-0.39, 0.29) is 24.4 Å². The van der Waals surface area contributed by atoms with E-state index in [1.807, 2.05) is 0 Å². The number of halogens is 2. The van der Waals surface area contributed by atoms with Crippen LogP contribution in [0.25, 0.3) is 0 Å². The van der Waals surface area contributed by atoms with E-state index in [4.69, 9.17) is 26.8 Å². The molecule has 1 heterocycles. The van der Waals surface area contributed by atoms with E-state index in [2.05, 4.69) is 5.32 Å². The topological polar surface area (TPSA) is 73.6 Å². The molecule has 2 rings (SSSR count). The minimum absolute atomic E-state index is 0. The molecule has 0 bridgehead atoms. The molecule has 1 aromatic carbocycles. The number of hydrogen-bond donors (Lipinski definition) is 2. The molecule has 0 aliphatic carbocycles. The SMILES string of the molecule is COc1ccc(NC(=O)[C@@H]2CC[C@H](CN)O2)cc1Cl.Cl. The molecule has 112 valence electrons. The van der Waals surface area contributed by atoms with Crippen LogP contribution in [0.3, 0.4) is 0 Å². The average molecular weight is 321 g/mol. The standard InChI is InChI=1S/C13H17ClN2O3.ClH/c1-18-11-4-2-8(6-10(11)14)16-13(17)12-5-3-9(7-15)19-12;/h2,4,6,9,12H,3,5,7,15H2,1H3,(H,16,17);1H/t9-,12+;/m1./s1. The lowest BCUT2D eigenvalue weighted by Crippen LogP contribution is -2.29. The number of benzene rings is 1. The van der Waals surface area contributed by atoms with E-state index < -0.39 is 6.10 Å². The van der Waals surface area contributed by atoms with Crippen LogP contribution in [0.5, 0.6) is 5.75 Å². The third-order valence-corrected chi connectivity index (χ3v) is 3.38. The fourth-order valence-corrected chi connectivity index (χ4v) is 2.30. The Balaban J connectivity index is 0.00000200. The molecule has 7 heteroatoms. The van der Waals surface area contributed by atoms with Gasteiger partial charge in [0.15, 0.2) is 0 Å². The van der Waals surface area contributed by atoms with Crippen molar-refractivity contribution in [1.29, 1.82) is 0 Å². The molecular weight excluding hydrogens is 303 g/mol. The molecule has 0 unspecified atom stereocenters. The van der Waals surface area contributed by atoms with Gasteiger partial charge in [-0.05, 0) is 31.0 Å². The van der Waals surface area contributed by atoms with Crippen molar-refractivity contribution in [1.82, 2.24) is 0 Å². The van der Waals surface area contributed by atoms with Gasteiger partial charge >= 0.3 is 0 Å². The highest BCUT2D eigenvalue weighted by Crippen LogP contribution is 2.28. The number of hydrogen-bond acceptors (Lipinski definition) is 4. The largest absolute Gasteiger partial charge is 0.495 e. The number of methoxy groups -OCH3 is 1. The Morgan fingerprint density at radius 1 is 1.55 bits per heavy atom. The summed E-state index contributed by atoms with van der Waals surface area (Å²) in [6.45, 7) is 0.443. The first kappa shape index (κ1) is 17.0. The van der Waals surface area contributed by atoms with Crippen molar-refractivity contribution in [2.45, 2.75) is 25.0 Å². The molecule has 0 spiro atoms. The monoisotopic (exact) mass is 320 g/mol. The molecule has 1 saturated heterocycles. The van der Waals surface area contributed by atoms with Crippen LogP contribution < -0.4 is 15.8 Å². The summed E-state index contributed by atoms with van der Waals surface area (Å²) in [5, 5.41) is 3.23. The second kappa shape index (κ2) is 7.69. The minimum Gasteiger partial charge on any atom is -0.495 e. The number of carbonyl (C=O) groups excluding carboxylic acids is 1. The molecule has 5 nitrogen and oxygen atoms in total. The van der Waals surface area contributed by atoms with Crippen LogP contribution in [0.15, 0.2) is 18.2 Å². The average Bonchev–Trinajstić information content (AvgIpc) is 2.88. The normalized spacial score (nSPS) is 21.1. The van der Waals surface area contributed by atoms with Crippen LogP contribution in [-0.4, -0.2) is 31.8 Å². The van der Waals surface area contributed by atoms with Crippen LogP contribution >= 0.6 is 24.0 Å². The summed E-state index contributed by atoms with van der Waals surface area (Å²) >= 11 is 5.99. The second-order valence-electron chi connectivity index (χ2n) is 4.40. The molecule has 20 heavy (non-hydrogen) atoms. The number of amides is 1. The molecule has 1 aromatic rings. The van der Waals surface area contributed by atoms with Gasteiger partial charge in [0.2, 0.25) is 0 Å². The third kappa shape index (κ3) is 3.99. The van der Waals surface area contributed by atoms with Gasteiger partial charge in [-0.2, -0.15) is 0 Å². The minimum atomic E-state index is -0.436. The van der Waals surface area contributed by atoms with Gasteiger partial charge in [0.1, 0.15) is 11.9 Å². The van der Waals surface area contributed by atoms with E-state index >= 15 is 0 Å². The van der Waals surface area contributed by atoms with Crippen molar-refractivity contribution in [2.24, 2.45) is 5.73 Å². The zero-order valence-electron chi connectivity index (χ0n) is 11.1. The van der Waals surface area contributed by atoms with E-state index in [9.17, 15) is 4.79 Å². The van der Waals surface area contributed by atoms with Crippen LogP contribution in [0.4, 0.5) is 5.69 Å². The first-order valence-electron chi connectivity index (χ1n) is 6.14. The molecule has 1 fully saturated rings. The molecule has 0 aromatic heterocycles. The number of nitrogens with two attached hydrogens (primary N) is 1. The van der Waals surface area contributed by atoms with E-state index in [0.717, 1.165) is 6.42 Å². The van der Waals surface area contributed by atoms with Gasteiger partial charge in [0, 0.05) is 12.2 Å². The summed E-state index contributed by atoms with van der Waals surface area (Å²) in [6, 6.07) is 5.09. The lowest BCUT2D eigenvalue weighted by Gasteiger charge is -2.13. The Morgan fingerprint density at radius 2 is 2.30 bits per heavy atom. The van der Waals surface area contributed by atoms with Gasteiger partial charge in [-0.1, -0.05) is 11.6 Å². The molecule has 2 atom stereocenters. The van der Waals surface area contributed by atoms with Gasteiger partial charge in [0.25, 0.3) is 5.91 Å². The Bertz CT molecular complexity index is 471. The van der Waals surface area contributed by atoms with Crippen molar-refractivity contribution >= 4 is 35.6 Å². The summed E-state index contributed by atoms with van der Waals surface area (Å²) < 4.78 is 10.6.